The zero-order valence-electron chi connectivity index (χ0n) is 7.17. The third kappa shape index (κ3) is 1.94. The Bertz CT molecular complexity index is 237. The Morgan fingerprint density at radius 3 is 2.64 bits per heavy atom. The molecule has 0 radical (unpaired) electrons. The maximum atomic E-state index is 2.18. The van der Waals surface area contributed by atoms with E-state index in [1.807, 2.05) is 0 Å². The van der Waals surface area contributed by atoms with Gasteiger partial charge >= 0.3 is 0 Å². The Labute approximate surface area is 68.6 Å². The number of hydrogen-bond acceptors (Lipinski definition) is 0. The zero-order valence-corrected chi connectivity index (χ0v) is 7.17. The van der Waals surface area contributed by atoms with Crippen molar-refractivity contribution >= 4 is 0 Å². The molecule has 0 amide bonds. The molecule has 0 unspecified atom stereocenters. The van der Waals surface area contributed by atoms with Gasteiger partial charge in [0.2, 0.25) is 0 Å². The molecule has 1 aliphatic carbocycles. The van der Waals surface area contributed by atoms with E-state index in [1.165, 1.54) is 11.1 Å². The van der Waals surface area contributed by atoms with Crippen molar-refractivity contribution in [3.63, 3.8) is 0 Å². The fourth-order valence-corrected chi connectivity index (χ4v) is 1.22. The molecule has 0 aromatic rings. The Kier molecular flexibility index (Phi) is 2.91. The highest BCUT2D eigenvalue weighted by molar-refractivity contribution is 5.43. The second kappa shape index (κ2) is 3.97. The van der Waals surface area contributed by atoms with Crippen LogP contribution in [-0.2, 0) is 0 Å². The molecule has 0 saturated heterocycles. The summed E-state index contributed by atoms with van der Waals surface area (Å²) in [7, 11) is 0. The quantitative estimate of drug-likeness (QED) is 0.491. The molecule has 0 heterocycles. The summed E-state index contributed by atoms with van der Waals surface area (Å²) in [4.78, 5) is 0. The van der Waals surface area contributed by atoms with Gasteiger partial charge in [-0.3, -0.25) is 0 Å². The van der Waals surface area contributed by atoms with Crippen LogP contribution in [0.3, 0.4) is 0 Å². The van der Waals surface area contributed by atoms with E-state index in [2.05, 4.69) is 50.3 Å². The lowest BCUT2D eigenvalue weighted by Gasteiger charge is -2.01. The summed E-state index contributed by atoms with van der Waals surface area (Å²) >= 11 is 0. The molecule has 0 N–H and O–H groups in total. The lowest BCUT2D eigenvalue weighted by molar-refractivity contribution is 1.24. The van der Waals surface area contributed by atoms with Crippen LogP contribution in [0.1, 0.15) is 20.3 Å². The molecular weight excluding hydrogens is 132 g/mol. The van der Waals surface area contributed by atoms with E-state index in [0.29, 0.717) is 0 Å². The maximum Gasteiger partial charge on any atom is -0.00918 e. The minimum absolute atomic E-state index is 1.06. The zero-order chi connectivity index (χ0) is 8.10. The number of rotatable bonds is 0. The van der Waals surface area contributed by atoms with E-state index in [0.717, 1.165) is 6.42 Å². The van der Waals surface area contributed by atoms with Gasteiger partial charge in [-0.15, -0.1) is 0 Å². The van der Waals surface area contributed by atoms with Gasteiger partial charge in [0.1, 0.15) is 0 Å². The van der Waals surface area contributed by atoms with Gasteiger partial charge < -0.3 is 0 Å². The summed E-state index contributed by atoms with van der Waals surface area (Å²) in [6.45, 7) is 4.17. The van der Waals surface area contributed by atoms with Crippen molar-refractivity contribution < 1.29 is 0 Å². The molecule has 1 rings (SSSR count). The van der Waals surface area contributed by atoms with Crippen molar-refractivity contribution in [2.24, 2.45) is 0 Å². The Hall–Kier alpha value is -1.04. The van der Waals surface area contributed by atoms with Crippen LogP contribution in [0.25, 0.3) is 0 Å². The first-order chi connectivity index (χ1) is 5.38. The first kappa shape index (κ1) is 8.06. The van der Waals surface area contributed by atoms with Crippen molar-refractivity contribution in [2.45, 2.75) is 20.3 Å². The number of hydrogen-bond donors (Lipinski definition) is 0. The van der Waals surface area contributed by atoms with E-state index < -0.39 is 0 Å². The van der Waals surface area contributed by atoms with Crippen LogP contribution in [0, 0.1) is 0 Å². The summed E-state index contributed by atoms with van der Waals surface area (Å²) in [6.07, 6.45) is 13.9. The summed E-state index contributed by atoms with van der Waals surface area (Å²) in [5.74, 6) is 0. The smallest absolute Gasteiger partial charge is 0.00918 e. The van der Waals surface area contributed by atoms with Crippen LogP contribution in [0.4, 0.5) is 0 Å². The lowest BCUT2D eigenvalue weighted by atomic mass is 10.0. The summed E-state index contributed by atoms with van der Waals surface area (Å²) < 4.78 is 0. The minimum Gasteiger partial charge on any atom is -0.0835 e. The predicted octanol–water partition coefficient (Wildman–Crippen LogP) is 3.40. The molecule has 0 bridgehead atoms. The second-order valence-corrected chi connectivity index (χ2v) is 2.55. The first-order valence-electron chi connectivity index (χ1n) is 4.03. The van der Waals surface area contributed by atoms with Crippen molar-refractivity contribution in [1.29, 1.82) is 0 Å². The highest BCUT2D eigenvalue weighted by Crippen LogP contribution is 2.18. The highest BCUT2D eigenvalue weighted by Gasteiger charge is 1.98. The normalized spacial score (nSPS) is 24.5. The average molecular weight is 146 g/mol. The topological polar surface area (TPSA) is 0 Å². The Morgan fingerprint density at radius 1 is 1.18 bits per heavy atom. The van der Waals surface area contributed by atoms with Gasteiger partial charge in [-0.05, 0) is 31.4 Å². The summed E-state index contributed by atoms with van der Waals surface area (Å²) in [6, 6.07) is 0. The van der Waals surface area contributed by atoms with Crippen LogP contribution in [0.15, 0.2) is 47.6 Å². The van der Waals surface area contributed by atoms with Gasteiger partial charge in [0.15, 0.2) is 0 Å². The van der Waals surface area contributed by atoms with Crippen LogP contribution < -0.4 is 0 Å². The molecule has 0 saturated carbocycles. The van der Waals surface area contributed by atoms with E-state index in [1.54, 1.807) is 0 Å². The molecular formula is C11H14. The van der Waals surface area contributed by atoms with Gasteiger partial charge in [0.25, 0.3) is 0 Å². The van der Waals surface area contributed by atoms with E-state index >= 15 is 0 Å². The van der Waals surface area contributed by atoms with Gasteiger partial charge in [-0.1, -0.05) is 36.5 Å². The summed E-state index contributed by atoms with van der Waals surface area (Å²) in [5, 5.41) is 0. The fourth-order valence-electron chi connectivity index (χ4n) is 1.22. The molecule has 0 heteroatoms. The number of allylic oxidation sites excluding steroid dienone is 8. The first-order valence-corrected chi connectivity index (χ1v) is 4.03. The van der Waals surface area contributed by atoms with Crippen LogP contribution >= 0.6 is 0 Å². The maximum absolute atomic E-state index is 2.18. The van der Waals surface area contributed by atoms with Crippen LogP contribution in [0.5, 0.6) is 0 Å². The van der Waals surface area contributed by atoms with Crippen molar-refractivity contribution in [1.82, 2.24) is 0 Å². The van der Waals surface area contributed by atoms with Gasteiger partial charge in [0.05, 0.1) is 0 Å². The van der Waals surface area contributed by atoms with Crippen molar-refractivity contribution in [3.8, 4) is 0 Å². The molecule has 1 aliphatic rings. The van der Waals surface area contributed by atoms with Gasteiger partial charge in [-0.2, -0.15) is 0 Å². The van der Waals surface area contributed by atoms with Crippen LogP contribution in [-0.4, -0.2) is 0 Å². The van der Waals surface area contributed by atoms with E-state index in [4.69, 9.17) is 0 Å². The fraction of sp³-hybridized carbons (Fsp3) is 0.273. The third-order valence-corrected chi connectivity index (χ3v) is 1.89. The van der Waals surface area contributed by atoms with Gasteiger partial charge in [-0.25, -0.2) is 0 Å². The summed E-state index contributed by atoms with van der Waals surface area (Å²) in [5.41, 5.74) is 2.76. The molecule has 0 fully saturated rings. The lowest BCUT2D eigenvalue weighted by Crippen LogP contribution is -1.82. The van der Waals surface area contributed by atoms with Crippen LogP contribution in [0.2, 0.25) is 0 Å². The molecule has 0 aliphatic heterocycles. The monoisotopic (exact) mass is 146 g/mol. The molecule has 0 spiro atoms. The minimum atomic E-state index is 1.06. The molecule has 0 aromatic carbocycles. The SMILES string of the molecule is C/C=C1/C=CC=CC/C1=C/C. The largest absolute Gasteiger partial charge is 0.0835 e. The third-order valence-electron chi connectivity index (χ3n) is 1.89. The highest BCUT2D eigenvalue weighted by atomic mass is 14.0. The van der Waals surface area contributed by atoms with E-state index in [9.17, 15) is 0 Å². The van der Waals surface area contributed by atoms with Crippen molar-refractivity contribution in [3.05, 3.63) is 47.6 Å². The Morgan fingerprint density at radius 2 is 2.00 bits per heavy atom. The standard InChI is InChI=1S/C11H14/c1-3-10-8-6-5-7-9-11(10)4-2/h3-8H,9H2,1-2H3/b10-3-,11-4-. The molecule has 0 nitrogen and oxygen atoms in total. The predicted molar refractivity (Wildman–Crippen MR) is 50.4 cm³/mol. The van der Waals surface area contributed by atoms with E-state index in [-0.39, 0.29) is 0 Å². The average Bonchev–Trinajstić information content (AvgIpc) is 2.27. The van der Waals surface area contributed by atoms with Gasteiger partial charge in [0, 0.05) is 0 Å². The molecule has 58 valence electrons. The molecule has 11 heavy (non-hydrogen) atoms. The second-order valence-electron chi connectivity index (χ2n) is 2.55. The Balaban J connectivity index is 2.94. The van der Waals surface area contributed by atoms with Crippen molar-refractivity contribution in [2.75, 3.05) is 0 Å². The molecule has 0 atom stereocenters. The molecule has 0 aromatic heterocycles.